The van der Waals surface area contributed by atoms with E-state index in [-0.39, 0.29) is 5.91 Å². The minimum Gasteiger partial charge on any atom is -0.480 e. The number of fused-ring (bicyclic) bond motifs is 1. The van der Waals surface area contributed by atoms with Gasteiger partial charge in [-0.1, -0.05) is 12.1 Å². The number of thiophene rings is 1. The van der Waals surface area contributed by atoms with E-state index in [1.165, 1.54) is 18.4 Å². The topological polar surface area (TPSA) is 64.1 Å². The molecule has 4 aromatic rings. The Hall–Kier alpha value is -2.77. The number of aromatic nitrogens is 2. The number of rotatable bonds is 4. The summed E-state index contributed by atoms with van der Waals surface area (Å²) >= 11 is 3.04. The molecular weight excluding hydrogens is 354 g/mol. The standard InChI is InChI=1S/C18H13N3O2S2/c1-23-17-12(6-4-10-19-17)20-16(22)14-8-9-15(24-14)18-21-11-5-2-3-7-13(11)25-18/h2-10H,1H3,(H,20,22). The number of thiazole rings is 1. The number of methoxy groups -OCH3 is 1. The number of anilines is 1. The Balaban J connectivity index is 1.59. The molecule has 0 unspecified atom stereocenters. The van der Waals surface area contributed by atoms with Gasteiger partial charge in [-0.25, -0.2) is 9.97 Å². The molecule has 0 saturated carbocycles. The molecule has 0 bridgehead atoms. The van der Waals surface area contributed by atoms with E-state index in [2.05, 4.69) is 15.3 Å². The predicted octanol–water partition coefficient (Wildman–Crippen LogP) is 4.68. The molecule has 0 aliphatic carbocycles. The van der Waals surface area contributed by atoms with Crippen LogP contribution in [0.1, 0.15) is 9.67 Å². The molecule has 1 N–H and O–H groups in total. The van der Waals surface area contributed by atoms with E-state index >= 15 is 0 Å². The third-order valence-electron chi connectivity index (χ3n) is 3.55. The van der Waals surface area contributed by atoms with Crippen molar-refractivity contribution in [3.05, 3.63) is 59.6 Å². The van der Waals surface area contributed by atoms with Gasteiger partial charge < -0.3 is 10.1 Å². The van der Waals surface area contributed by atoms with Crippen LogP contribution in [0.3, 0.4) is 0 Å². The molecule has 0 saturated heterocycles. The highest BCUT2D eigenvalue weighted by molar-refractivity contribution is 7.26. The lowest BCUT2D eigenvalue weighted by Gasteiger charge is -2.07. The highest BCUT2D eigenvalue weighted by Crippen LogP contribution is 2.34. The number of carbonyl (C=O) groups excluding carboxylic acids is 1. The Kier molecular flexibility index (Phi) is 4.17. The number of carbonyl (C=O) groups is 1. The summed E-state index contributed by atoms with van der Waals surface area (Å²) in [4.78, 5) is 22.8. The number of nitrogens with zero attached hydrogens (tertiary/aromatic N) is 2. The van der Waals surface area contributed by atoms with E-state index < -0.39 is 0 Å². The fourth-order valence-corrected chi connectivity index (χ4v) is 4.31. The first-order valence-corrected chi connectivity index (χ1v) is 9.14. The summed E-state index contributed by atoms with van der Waals surface area (Å²) in [7, 11) is 1.52. The van der Waals surface area contributed by atoms with Crippen LogP contribution in [0.4, 0.5) is 5.69 Å². The SMILES string of the molecule is COc1ncccc1NC(=O)c1ccc(-c2nc3ccccc3s2)s1. The smallest absolute Gasteiger partial charge is 0.265 e. The van der Waals surface area contributed by atoms with Crippen molar-refractivity contribution in [1.29, 1.82) is 0 Å². The number of hydrogen-bond donors (Lipinski definition) is 1. The molecule has 3 heterocycles. The van der Waals surface area contributed by atoms with Crippen LogP contribution in [0.15, 0.2) is 54.7 Å². The largest absolute Gasteiger partial charge is 0.480 e. The molecule has 124 valence electrons. The second-order valence-electron chi connectivity index (χ2n) is 5.17. The van der Waals surface area contributed by atoms with Gasteiger partial charge in [-0.15, -0.1) is 22.7 Å². The predicted molar refractivity (Wildman–Crippen MR) is 102 cm³/mol. The van der Waals surface area contributed by atoms with Crippen molar-refractivity contribution in [2.45, 2.75) is 0 Å². The third kappa shape index (κ3) is 3.11. The van der Waals surface area contributed by atoms with E-state index in [4.69, 9.17) is 4.74 Å². The summed E-state index contributed by atoms with van der Waals surface area (Å²) in [6, 6.07) is 15.3. The summed E-state index contributed by atoms with van der Waals surface area (Å²) < 4.78 is 6.30. The molecule has 0 atom stereocenters. The van der Waals surface area contributed by atoms with Crippen LogP contribution in [0.5, 0.6) is 5.88 Å². The number of amides is 1. The first kappa shape index (κ1) is 15.7. The number of benzene rings is 1. The molecule has 0 spiro atoms. The number of ether oxygens (including phenoxy) is 1. The Morgan fingerprint density at radius 1 is 1.08 bits per heavy atom. The first-order valence-electron chi connectivity index (χ1n) is 7.51. The average molecular weight is 367 g/mol. The monoisotopic (exact) mass is 367 g/mol. The Labute approximate surface area is 152 Å². The molecule has 4 rings (SSSR count). The summed E-state index contributed by atoms with van der Waals surface area (Å²) in [5.41, 5.74) is 1.52. The van der Waals surface area contributed by atoms with Gasteiger partial charge in [0.25, 0.3) is 5.91 Å². The lowest BCUT2D eigenvalue weighted by Crippen LogP contribution is -2.11. The fraction of sp³-hybridized carbons (Fsp3) is 0.0556. The van der Waals surface area contributed by atoms with Gasteiger partial charge in [0.15, 0.2) is 0 Å². The van der Waals surface area contributed by atoms with Crippen molar-refractivity contribution in [2.24, 2.45) is 0 Å². The van der Waals surface area contributed by atoms with Crippen LogP contribution < -0.4 is 10.1 Å². The van der Waals surface area contributed by atoms with Crippen LogP contribution in [0.2, 0.25) is 0 Å². The minimum atomic E-state index is -0.191. The fourth-order valence-electron chi connectivity index (χ4n) is 2.38. The molecule has 0 fully saturated rings. The number of nitrogens with one attached hydrogen (secondary N) is 1. The van der Waals surface area contributed by atoms with Gasteiger partial charge in [0, 0.05) is 6.20 Å². The summed E-state index contributed by atoms with van der Waals surface area (Å²) in [6.07, 6.45) is 1.62. The van der Waals surface area contributed by atoms with Crippen molar-refractivity contribution in [2.75, 3.05) is 12.4 Å². The van der Waals surface area contributed by atoms with E-state index in [9.17, 15) is 4.79 Å². The normalized spacial score (nSPS) is 10.8. The van der Waals surface area contributed by atoms with Gasteiger partial charge in [0.2, 0.25) is 5.88 Å². The molecule has 0 radical (unpaired) electrons. The van der Waals surface area contributed by atoms with Gasteiger partial charge >= 0.3 is 0 Å². The molecule has 0 aliphatic heterocycles. The molecule has 7 heteroatoms. The lowest BCUT2D eigenvalue weighted by atomic mass is 10.3. The summed E-state index contributed by atoms with van der Waals surface area (Å²) in [5.74, 6) is 0.197. The zero-order chi connectivity index (χ0) is 17.2. The maximum atomic E-state index is 12.5. The summed E-state index contributed by atoms with van der Waals surface area (Å²) in [5, 5.41) is 3.76. The minimum absolute atomic E-state index is 0.191. The maximum Gasteiger partial charge on any atom is 0.265 e. The zero-order valence-corrected chi connectivity index (χ0v) is 14.9. The quantitative estimate of drug-likeness (QED) is 0.569. The lowest BCUT2D eigenvalue weighted by molar-refractivity contribution is 0.103. The number of para-hydroxylation sites is 1. The van der Waals surface area contributed by atoms with E-state index in [0.29, 0.717) is 16.4 Å². The van der Waals surface area contributed by atoms with Crippen LogP contribution in [0, 0.1) is 0 Å². The van der Waals surface area contributed by atoms with Crippen molar-refractivity contribution >= 4 is 44.5 Å². The van der Waals surface area contributed by atoms with Crippen molar-refractivity contribution < 1.29 is 9.53 Å². The first-order chi connectivity index (χ1) is 12.2. The van der Waals surface area contributed by atoms with Crippen LogP contribution in [0.25, 0.3) is 20.1 Å². The van der Waals surface area contributed by atoms with E-state index in [1.54, 1.807) is 29.7 Å². The van der Waals surface area contributed by atoms with Gasteiger partial charge in [0.1, 0.15) is 10.7 Å². The number of hydrogen-bond acceptors (Lipinski definition) is 6. The molecule has 1 amide bonds. The van der Waals surface area contributed by atoms with Crippen molar-refractivity contribution in [1.82, 2.24) is 9.97 Å². The van der Waals surface area contributed by atoms with Crippen molar-refractivity contribution in [3.8, 4) is 15.8 Å². The highest BCUT2D eigenvalue weighted by atomic mass is 32.1. The molecular formula is C18H13N3O2S2. The highest BCUT2D eigenvalue weighted by Gasteiger charge is 2.15. The van der Waals surface area contributed by atoms with Crippen LogP contribution in [-0.4, -0.2) is 23.0 Å². The van der Waals surface area contributed by atoms with Gasteiger partial charge in [0.05, 0.1) is 27.1 Å². The Bertz CT molecular complexity index is 1020. The van der Waals surface area contributed by atoms with E-state index in [1.807, 2.05) is 36.4 Å². The molecule has 5 nitrogen and oxygen atoms in total. The second kappa shape index (κ2) is 6.62. The Morgan fingerprint density at radius 3 is 2.80 bits per heavy atom. The van der Waals surface area contributed by atoms with Gasteiger partial charge in [-0.05, 0) is 36.4 Å². The third-order valence-corrected chi connectivity index (χ3v) is 5.84. The second-order valence-corrected chi connectivity index (χ2v) is 7.28. The van der Waals surface area contributed by atoms with Gasteiger partial charge in [-0.2, -0.15) is 0 Å². The molecule has 1 aromatic carbocycles. The van der Waals surface area contributed by atoms with Crippen LogP contribution in [-0.2, 0) is 0 Å². The Morgan fingerprint density at radius 2 is 1.96 bits per heavy atom. The maximum absolute atomic E-state index is 12.5. The zero-order valence-electron chi connectivity index (χ0n) is 13.2. The molecule has 25 heavy (non-hydrogen) atoms. The average Bonchev–Trinajstić information content (AvgIpc) is 3.29. The van der Waals surface area contributed by atoms with E-state index in [0.717, 1.165) is 20.1 Å². The van der Waals surface area contributed by atoms with Gasteiger partial charge in [-0.3, -0.25) is 4.79 Å². The van der Waals surface area contributed by atoms with Crippen molar-refractivity contribution in [3.63, 3.8) is 0 Å². The van der Waals surface area contributed by atoms with Crippen LogP contribution >= 0.6 is 22.7 Å². The number of pyridine rings is 1. The molecule has 3 aromatic heterocycles. The summed E-state index contributed by atoms with van der Waals surface area (Å²) in [6.45, 7) is 0. The molecule has 0 aliphatic rings.